The topological polar surface area (TPSA) is 45.1 Å². The Morgan fingerprint density at radius 2 is 1.84 bits per heavy atom. The molecule has 1 unspecified atom stereocenters. The van der Waals surface area contributed by atoms with Crippen molar-refractivity contribution in [3.8, 4) is 5.75 Å². The molecule has 2 N–H and O–H groups in total. The van der Waals surface area contributed by atoms with Crippen molar-refractivity contribution in [2.45, 2.75) is 32.4 Å². The average Bonchev–Trinajstić information content (AvgIpc) is 2.42. The number of nitrogens with zero attached hydrogens (tertiary/aromatic N) is 1. The van der Waals surface area contributed by atoms with Gasteiger partial charge in [-0.25, -0.2) is 0 Å². The highest BCUT2D eigenvalue weighted by Crippen LogP contribution is 2.13. The molecule has 0 saturated carbocycles. The van der Waals surface area contributed by atoms with E-state index in [1.165, 1.54) is 5.56 Å². The van der Waals surface area contributed by atoms with E-state index in [1.54, 1.807) is 12.1 Å². The normalized spacial score (nSPS) is 14.0. The highest BCUT2D eigenvalue weighted by atomic mass is 16.3. The van der Waals surface area contributed by atoms with Gasteiger partial charge in [0.05, 0.1) is 5.69 Å². The molecule has 0 amide bonds. The van der Waals surface area contributed by atoms with Crippen molar-refractivity contribution in [3.05, 3.63) is 59.9 Å². The molecule has 3 nitrogen and oxygen atoms in total. The number of rotatable bonds is 5. The molecule has 0 aliphatic heterocycles. The Morgan fingerprint density at radius 3 is 2.47 bits per heavy atom. The molecule has 1 aromatic carbocycles. The fourth-order valence-corrected chi connectivity index (χ4v) is 2.19. The summed E-state index contributed by atoms with van der Waals surface area (Å²) in [5.74, 6) is 0.311. The van der Waals surface area contributed by atoms with E-state index in [2.05, 4.69) is 24.1 Å². The van der Waals surface area contributed by atoms with Gasteiger partial charge in [-0.2, -0.15) is 0 Å². The first-order chi connectivity index (χ1) is 9.15. The molecule has 100 valence electrons. The zero-order valence-electron chi connectivity index (χ0n) is 11.4. The fraction of sp³-hybridized carbons (Fsp3) is 0.312. The number of hydrogen-bond donors (Lipinski definition) is 2. The van der Waals surface area contributed by atoms with Gasteiger partial charge >= 0.3 is 0 Å². The summed E-state index contributed by atoms with van der Waals surface area (Å²) in [5, 5.41) is 12.8. The smallest absolute Gasteiger partial charge is 0.115 e. The summed E-state index contributed by atoms with van der Waals surface area (Å²) in [6.07, 6.45) is 2.75. The van der Waals surface area contributed by atoms with Gasteiger partial charge in [-0.1, -0.05) is 18.2 Å². The van der Waals surface area contributed by atoms with Gasteiger partial charge in [0.1, 0.15) is 5.75 Å². The van der Waals surface area contributed by atoms with E-state index in [-0.39, 0.29) is 6.04 Å². The SMILES string of the molecule is CC(Cc1ccc(O)cc1)N[C@@H](C)c1ccccn1. The number of nitrogens with one attached hydrogen (secondary N) is 1. The molecule has 3 heteroatoms. The van der Waals surface area contributed by atoms with E-state index in [0.29, 0.717) is 11.8 Å². The highest BCUT2D eigenvalue weighted by molar-refractivity contribution is 5.26. The van der Waals surface area contributed by atoms with Gasteiger partial charge in [0.2, 0.25) is 0 Å². The summed E-state index contributed by atoms with van der Waals surface area (Å²) in [6, 6.07) is 13.9. The molecule has 0 spiro atoms. The summed E-state index contributed by atoms with van der Waals surface area (Å²) in [4.78, 5) is 4.35. The summed E-state index contributed by atoms with van der Waals surface area (Å²) in [7, 11) is 0. The molecule has 2 atom stereocenters. The standard InChI is InChI=1S/C16H20N2O/c1-12(11-14-6-8-15(19)9-7-14)18-13(2)16-5-3-4-10-17-16/h3-10,12-13,18-19H,11H2,1-2H3/t12?,13-/m0/s1. The van der Waals surface area contributed by atoms with Gasteiger partial charge in [-0.05, 0) is 50.1 Å². The van der Waals surface area contributed by atoms with E-state index in [1.807, 2.05) is 36.5 Å². The Bertz CT molecular complexity index is 496. The van der Waals surface area contributed by atoms with Crippen LogP contribution in [0.5, 0.6) is 5.75 Å². The Morgan fingerprint density at radius 1 is 1.11 bits per heavy atom. The number of pyridine rings is 1. The maximum Gasteiger partial charge on any atom is 0.115 e. The third-order valence-corrected chi connectivity index (χ3v) is 3.14. The number of aromatic nitrogens is 1. The van der Waals surface area contributed by atoms with Crippen LogP contribution in [-0.4, -0.2) is 16.1 Å². The number of phenolic OH excluding ortho intramolecular Hbond substituents is 1. The Hall–Kier alpha value is -1.87. The van der Waals surface area contributed by atoms with Crippen LogP contribution in [0.15, 0.2) is 48.7 Å². The second-order valence-corrected chi connectivity index (χ2v) is 4.91. The summed E-state index contributed by atoms with van der Waals surface area (Å²) in [6.45, 7) is 4.28. The molecule has 2 aromatic rings. The van der Waals surface area contributed by atoms with Gasteiger partial charge in [0.15, 0.2) is 0 Å². The van der Waals surface area contributed by atoms with E-state index >= 15 is 0 Å². The van der Waals surface area contributed by atoms with Crippen LogP contribution in [0.1, 0.15) is 31.1 Å². The van der Waals surface area contributed by atoms with E-state index in [9.17, 15) is 5.11 Å². The summed E-state index contributed by atoms with van der Waals surface area (Å²) in [5.41, 5.74) is 2.27. The molecular formula is C16H20N2O. The lowest BCUT2D eigenvalue weighted by molar-refractivity contribution is 0.466. The first kappa shape index (κ1) is 13.6. The zero-order chi connectivity index (χ0) is 13.7. The first-order valence-electron chi connectivity index (χ1n) is 6.60. The van der Waals surface area contributed by atoms with Crippen LogP contribution in [-0.2, 0) is 6.42 Å². The second-order valence-electron chi connectivity index (χ2n) is 4.91. The van der Waals surface area contributed by atoms with Crippen LogP contribution in [0.25, 0.3) is 0 Å². The molecule has 0 aliphatic carbocycles. The van der Waals surface area contributed by atoms with Crippen molar-refractivity contribution in [2.75, 3.05) is 0 Å². The van der Waals surface area contributed by atoms with Crippen molar-refractivity contribution in [2.24, 2.45) is 0 Å². The van der Waals surface area contributed by atoms with Crippen molar-refractivity contribution >= 4 is 0 Å². The Labute approximate surface area is 114 Å². The molecule has 0 radical (unpaired) electrons. The molecule has 0 aliphatic rings. The quantitative estimate of drug-likeness (QED) is 0.864. The zero-order valence-corrected chi connectivity index (χ0v) is 11.4. The molecule has 0 fully saturated rings. The van der Waals surface area contributed by atoms with Crippen LogP contribution < -0.4 is 5.32 Å². The largest absolute Gasteiger partial charge is 0.508 e. The van der Waals surface area contributed by atoms with Gasteiger partial charge in [-0.15, -0.1) is 0 Å². The molecule has 0 bridgehead atoms. The maximum atomic E-state index is 9.26. The number of phenols is 1. The van der Waals surface area contributed by atoms with Gasteiger partial charge in [0.25, 0.3) is 0 Å². The minimum atomic E-state index is 0.230. The van der Waals surface area contributed by atoms with Crippen LogP contribution in [0, 0.1) is 0 Å². The lowest BCUT2D eigenvalue weighted by Gasteiger charge is -2.19. The molecular weight excluding hydrogens is 236 g/mol. The lowest BCUT2D eigenvalue weighted by atomic mass is 10.1. The van der Waals surface area contributed by atoms with Crippen molar-refractivity contribution < 1.29 is 5.11 Å². The number of hydrogen-bond acceptors (Lipinski definition) is 3. The predicted molar refractivity (Wildman–Crippen MR) is 77.1 cm³/mol. The highest BCUT2D eigenvalue weighted by Gasteiger charge is 2.10. The predicted octanol–water partition coefficient (Wildman–Crippen LogP) is 3.07. The Kier molecular flexibility index (Phi) is 4.53. The number of benzene rings is 1. The van der Waals surface area contributed by atoms with Crippen molar-refractivity contribution in [1.82, 2.24) is 10.3 Å². The van der Waals surface area contributed by atoms with E-state index in [4.69, 9.17) is 0 Å². The molecule has 19 heavy (non-hydrogen) atoms. The summed E-state index contributed by atoms with van der Waals surface area (Å²) < 4.78 is 0. The van der Waals surface area contributed by atoms with Crippen LogP contribution in [0.2, 0.25) is 0 Å². The second kappa shape index (κ2) is 6.34. The van der Waals surface area contributed by atoms with Gasteiger partial charge in [-0.3, -0.25) is 4.98 Å². The fourth-order valence-electron chi connectivity index (χ4n) is 2.19. The van der Waals surface area contributed by atoms with Gasteiger partial charge < -0.3 is 10.4 Å². The number of aromatic hydroxyl groups is 1. The molecule has 1 heterocycles. The minimum absolute atomic E-state index is 0.230. The third kappa shape index (κ3) is 4.07. The van der Waals surface area contributed by atoms with E-state index in [0.717, 1.165) is 12.1 Å². The Balaban J connectivity index is 1.90. The molecule has 1 aromatic heterocycles. The minimum Gasteiger partial charge on any atom is -0.508 e. The molecule has 0 saturated heterocycles. The average molecular weight is 256 g/mol. The van der Waals surface area contributed by atoms with Crippen LogP contribution in [0.3, 0.4) is 0 Å². The van der Waals surface area contributed by atoms with Crippen molar-refractivity contribution in [3.63, 3.8) is 0 Å². The molecule has 2 rings (SSSR count). The maximum absolute atomic E-state index is 9.26. The van der Waals surface area contributed by atoms with Crippen molar-refractivity contribution in [1.29, 1.82) is 0 Å². The third-order valence-electron chi connectivity index (χ3n) is 3.14. The summed E-state index contributed by atoms with van der Waals surface area (Å²) >= 11 is 0. The first-order valence-corrected chi connectivity index (χ1v) is 6.60. The van der Waals surface area contributed by atoms with Gasteiger partial charge in [0, 0.05) is 18.3 Å². The van der Waals surface area contributed by atoms with E-state index < -0.39 is 0 Å². The lowest BCUT2D eigenvalue weighted by Crippen LogP contribution is -2.31. The monoisotopic (exact) mass is 256 g/mol. The van der Waals surface area contributed by atoms with Crippen LogP contribution >= 0.6 is 0 Å². The van der Waals surface area contributed by atoms with Crippen LogP contribution in [0.4, 0.5) is 0 Å².